The lowest BCUT2D eigenvalue weighted by molar-refractivity contribution is 0.817. The molecule has 0 spiro atoms. The molecule has 0 atom stereocenters. The molecule has 0 unspecified atom stereocenters. The normalized spacial score (nSPS) is 10.5. The molecule has 0 bridgehead atoms. The second kappa shape index (κ2) is 5.43. The van der Waals surface area contributed by atoms with Crippen molar-refractivity contribution >= 4 is 5.52 Å². The average molecular weight is 299 g/mol. The molecule has 0 aliphatic carbocycles. The molecule has 0 aliphatic heterocycles. The number of nitrogens with zero attached hydrogens (tertiary/aromatic N) is 5. The highest BCUT2D eigenvalue weighted by atomic mass is 15.3. The van der Waals surface area contributed by atoms with Crippen LogP contribution in [-0.2, 0) is 0 Å². The third-order valence-electron chi connectivity index (χ3n) is 3.57. The summed E-state index contributed by atoms with van der Waals surface area (Å²) in [4.78, 5) is 4.31. The Morgan fingerprint density at radius 3 is 2.78 bits per heavy atom. The summed E-state index contributed by atoms with van der Waals surface area (Å²) in [5, 5.41) is 8.79. The molecule has 0 amide bonds. The summed E-state index contributed by atoms with van der Waals surface area (Å²) in [7, 11) is 0. The van der Waals surface area contributed by atoms with Crippen LogP contribution in [0.25, 0.3) is 11.3 Å². The molecule has 0 radical (unpaired) electrons. The van der Waals surface area contributed by atoms with E-state index in [2.05, 4.69) is 27.0 Å². The van der Waals surface area contributed by atoms with Gasteiger partial charge in [0.1, 0.15) is 5.69 Å². The molecule has 0 N–H and O–H groups in total. The van der Waals surface area contributed by atoms with E-state index in [1.54, 1.807) is 17.1 Å². The Morgan fingerprint density at radius 1 is 1.04 bits per heavy atom. The Balaban J connectivity index is 1.69. The second-order valence-electron chi connectivity index (χ2n) is 5.09. The van der Waals surface area contributed by atoms with Crippen LogP contribution in [0.2, 0.25) is 0 Å². The van der Waals surface area contributed by atoms with Gasteiger partial charge in [0.25, 0.3) is 0 Å². The molecule has 4 rings (SSSR count). The molecule has 4 heterocycles. The Bertz CT molecular complexity index is 998. The number of hydrogen-bond acceptors (Lipinski definition) is 3. The highest BCUT2D eigenvalue weighted by molar-refractivity contribution is 5.52. The van der Waals surface area contributed by atoms with Crippen molar-refractivity contribution in [2.45, 2.75) is 6.92 Å². The van der Waals surface area contributed by atoms with Crippen LogP contribution in [0, 0.1) is 18.8 Å². The van der Waals surface area contributed by atoms with Gasteiger partial charge in [-0.2, -0.15) is 10.2 Å². The minimum Gasteiger partial charge on any atom is -0.240 e. The van der Waals surface area contributed by atoms with E-state index >= 15 is 0 Å². The first-order valence-electron chi connectivity index (χ1n) is 7.24. The van der Waals surface area contributed by atoms with Crippen LogP contribution in [0.3, 0.4) is 0 Å². The molecule has 110 valence electrons. The molecule has 4 aromatic rings. The van der Waals surface area contributed by atoms with Crippen LogP contribution in [0.4, 0.5) is 0 Å². The minimum atomic E-state index is 0.737. The fourth-order valence-corrected chi connectivity index (χ4v) is 2.37. The number of aromatic nitrogens is 5. The van der Waals surface area contributed by atoms with Crippen molar-refractivity contribution in [2.24, 2.45) is 0 Å². The number of rotatable bonds is 1. The summed E-state index contributed by atoms with van der Waals surface area (Å²) in [6, 6.07) is 13.6. The summed E-state index contributed by atoms with van der Waals surface area (Å²) < 4.78 is 3.60. The van der Waals surface area contributed by atoms with E-state index in [0.717, 1.165) is 28.3 Å². The van der Waals surface area contributed by atoms with Crippen molar-refractivity contribution in [2.75, 3.05) is 0 Å². The zero-order chi connectivity index (χ0) is 15.6. The van der Waals surface area contributed by atoms with Gasteiger partial charge in [0.05, 0.1) is 23.0 Å². The van der Waals surface area contributed by atoms with Gasteiger partial charge in [-0.1, -0.05) is 18.1 Å². The fourth-order valence-electron chi connectivity index (χ4n) is 2.37. The summed E-state index contributed by atoms with van der Waals surface area (Å²) in [5.41, 5.74) is 3.59. The zero-order valence-electron chi connectivity index (χ0n) is 12.5. The van der Waals surface area contributed by atoms with E-state index in [1.807, 2.05) is 60.1 Å². The van der Waals surface area contributed by atoms with Crippen molar-refractivity contribution in [3.8, 4) is 17.7 Å². The van der Waals surface area contributed by atoms with Crippen molar-refractivity contribution in [3.05, 3.63) is 78.0 Å². The molecular weight excluding hydrogens is 286 g/mol. The maximum Gasteiger partial charge on any atom is 0.153 e. The Kier molecular flexibility index (Phi) is 3.13. The van der Waals surface area contributed by atoms with Gasteiger partial charge in [-0.25, -0.2) is 14.2 Å². The van der Waals surface area contributed by atoms with E-state index in [9.17, 15) is 0 Å². The van der Waals surface area contributed by atoms with Crippen LogP contribution in [0.5, 0.6) is 0 Å². The van der Waals surface area contributed by atoms with Crippen LogP contribution in [0.15, 0.2) is 61.1 Å². The first-order valence-corrected chi connectivity index (χ1v) is 7.24. The topological polar surface area (TPSA) is 48.0 Å². The molecular formula is C18H13N5. The Hall–Kier alpha value is -3.39. The smallest absolute Gasteiger partial charge is 0.153 e. The predicted molar refractivity (Wildman–Crippen MR) is 87.3 cm³/mol. The standard InChI is InChI=1S/C18H13N5/c1-14-15(13-20-23(14)18-7-2-4-10-19-18)8-9-16-12-17-6-3-5-11-22(17)21-16/h2-7,10-13H,1H3. The van der Waals surface area contributed by atoms with Gasteiger partial charge in [-0.15, -0.1) is 0 Å². The zero-order valence-corrected chi connectivity index (χ0v) is 12.5. The summed E-state index contributed by atoms with van der Waals surface area (Å²) in [6.07, 6.45) is 5.41. The van der Waals surface area contributed by atoms with E-state index in [0.29, 0.717) is 0 Å². The van der Waals surface area contributed by atoms with Crippen LogP contribution in [-0.4, -0.2) is 24.4 Å². The van der Waals surface area contributed by atoms with E-state index in [-0.39, 0.29) is 0 Å². The average Bonchev–Trinajstić information content (AvgIpc) is 3.17. The molecule has 0 aliphatic rings. The van der Waals surface area contributed by atoms with E-state index in [1.165, 1.54) is 0 Å². The molecule has 0 saturated carbocycles. The molecule has 0 aromatic carbocycles. The van der Waals surface area contributed by atoms with Crippen molar-refractivity contribution < 1.29 is 0 Å². The highest BCUT2D eigenvalue weighted by Gasteiger charge is 2.06. The first-order chi connectivity index (χ1) is 11.3. The lowest BCUT2D eigenvalue weighted by Gasteiger charge is -2.01. The lowest BCUT2D eigenvalue weighted by atomic mass is 10.2. The molecule has 23 heavy (non-hydrogen) atoms. The summed E-state index contributed by atoms with van der Waals surface area (Å²) in [6.45, 7) is 1.98. The maximum atomic E-state index is 4.43. The summed E-state index contributed by atoms with van der Waals surface area (Å²) >= 11 is 0. The highest BCUT2D eigenvalue weighted by Crippen LogP contribution is 2.11. The molecule has 5 nitrogen and oxygen atoms in total. The lowest BCUT2D eigenvalue weighted by Crippen LogP contribution is -2.00. The van der Waals surface area contributed by atoms with Crippen molar-refractivity contribution in [3.63, 3.8) is 0 Å². The van der Waals surface area contributed by atoms with Gasteiger partial charge >= 0.3 is 0 Å². The fraction of sp³-hybridized carbons (Fsp3) is 0.0556. The Morgan fingerprint density at radius 2 is 1.96 bits per heavy atom. The van der Waals surface area contributed by atoms with E-state index < -0.39 is 0 Å². The Labute approximate surface area is 133 Å². The molecule has 0 fully saturated rings. The molecule has 5 heteroatoms. The molecule has 0 saturated heterocycles. The number of hydrogen-bond donors (Lipinski definition) is 0. The third kappa shape index (κ3) is 2.47. The van der Waals surface area contributed by atoms with Gasteiger partial charge in [0.15, 0.2) is 5.82 Å². The second-order valence-corrected chi connectivity index (χ2v) is 5.09. The van der Waals surface area contributed by atoms with Crippen molar-refractivity contribution in [1.29, 1.82) is 0 Å². The van der Waals surface area contributed by atoms with E-state index in [4.69, 9.17) is 0 Å². The minimum absolute atomic E-state index is 0.737. The quantitative estimate of drug-likeness (QED) is 0.508. The van der Waals surface area contributed by atoms with Gasteiger partial charge in [0.2, 0.25) is 0 Å². The maximum absolute atomic E-state index is 4.43. The first kappa shape index (κ1) is 13.3. The SMILES string of the molecule is Cc1c(C#Cc2cc3ccccn3n2)cnn1-c1ccccn1. The van der Waals surface area contributed by atoms with Crippen LogP contribution in [0.1, 0.15) is 17.0 Å². The number of fused-ring (bicyclic) bond motifs is 1. The van der Waals surface area contributed by atoms with Gasteiger partial charge in [-0.05, 0) is 43.2 Å². The van der Waals surface area contributed by atoms with Crippen LogP contribution >= 0.6 is 0 Å². The largest absolute Gasteiger partial charge is 0.240 e. The monoisotopic (exact) mass is 299 g/mol. The van der Waals surface area contributed by atoms with Gasteiger partial charge < -0.3 is 0 Å². The molecule has 4 aromatic heterocycles. The predicted octanol–water partition coefficient (Wildman–Crippen LogP) is 2.62. The van der Waals surface area contributed by atoms with Gasteiger partial charge in [-0.3, -0.25) is 0 Å². The van der Waals surface area contributed by atoms with Gasteiger partial charge in [0, 0.05) is 12.4 Å². The van der Waals surface area contributed by atoms with Crippen molar-refractivity contribution in [1.82, 2.24) is 24.4 Å². The third-order valence-corrected chi connectivity index (χ3v) is 3.57. The number of pyridine rings is 2. The van der Waals surface area contributed by atoms with Crippen LogP contribution < -0.4 is 0 Å². The summed E-state index contributed by atoms with van der Waals surface area (Å²) in [5.74, 6) is 7.03.